The Morgan fingerprint density at radius 1 is 1.00 bits per heavy atom. The van der Waals surface area contributed by atoms with Crippen LogP contribution in [-0.2, 0) is 26.7 Å². The zero-order valence-electron chi connectivity index (χ0n) is 28.0. The number of halogens is 5. The Morgan fingerprint density at radius 2 is 1.71 bits per heavy atom. The number of thiophene rings is 1. The van der Waals surface area contributed by atoms with Gasteiger partial charge in [-0.25, -0.2) is 8.42 Å². The van der Waals surface area contributed by atoms with Crippen molar-refractivity contribution in [2.75, 3.05) is 55.7 Å². The fourth-order valence-corrected chi connectivity index (χ4v) is 8.15. The van der Waals surface area contributed by atoms with Gasteiger partial charge < -0.3 is 14.8 Å². The number of hydrogen-bond acceptors (Lipinski definition) is 8. The molecular weight excluding hydrogens is 776 g/mol. The van der Waals surface area contributed by atoms with Gasteiger partial charge in [-0.2, -0.15) is 17.6 Å². The van der Waals surface area contributed by atoms with E-state index in [2.05, 4.69) is 40.5 Å². The highest BCUT2D eigenvalue weighted by Crippen LogP contribution is 2.39. The standard InChI is InChI=1S/C35H37BrF4N4O5S2/c1-34(2,23-10-21(11-29(16-23)49-35(39,40)33(37)38)18-43-6-8-44(9-7-43)28-19-48-20-28)24-14-25(36)17-27(15-24)41-32(45)31-13-22-12-26(42-51(3,46)47)4-5-30(22)50-31/h4-5,10-17,28,33,42H,6-9,18-20H2,1-3H3,(H,41,45). The summed E-state index contributed by atoms with van der Waals surface area (Å²) in [5.74, 6) is -0.748. The van der Waals surface area contributed by atoms with Gasteiger partial charge in [0.25, 0.3) is 5.91 Å². The normalized spacial score (nSPS) is 16.7. The smallest absolute Gasteiger partial charge is 0.428 e. The van der Waals surface area contributed by atoms with Gasteiger partial charge in [0.05, 0.1) is 30.4 Å². The summed E-state index contributed by atoms with van der Waals surface area (Å²) in [4.78, 5) is 18.4. The molecule has 2 aliphatic rings. The molecule has 0 bridgehead atoms. The molecule has 16 heteroatoms. The zero-order chi connectivity index (χ0) is 36.7. The molecule has 3 heterocycles. The first-order chi connectivity index (χ1) is 23.9. The van der Waals surface area contributed by atoms with Gasteiger partial charge >= 0.3 is 12.5 Å². The van der Waals surface area contributed by atoms with E-state index in [0.29, 0.717) is 55.4 Å². The van der Waals surface area contributed by atoms with E-state index in [1.165, 1.54) is 23.5 Å². The third-order valence-electron chi connectivity index (χ3n) is 9.07. The molecule has 1 aromatic heterocycles. The third kappa shape index (κ3) is 9.03. The van der Waals surface area contributed by atoms with Crippen LogP contribution in [0.3, 0.4) is 0 Å². The molecule has 0 saturated carbocycles. The lowest BCUT2D eigenvalue weighted by molar-refractivity contribution is -0.253. The summed E-state index contributed by atoms with van der Waals surface area (Å²) >= 11 is 4.78. The van der Waals surface area contributed by atoms with Gasteiger partial charge in [-0.15, -0.1) is 11.3 Å². The summed E-state index contributed by atoms with van der Waals surface area (Å²) < 4.78 is 91.9. The van der Waals surface area contributed by atoms with Crippen LogP contribution in [0.4, 0.5) is 28.9 Å². The van der Waals surface area contributed by atoms with Crippen LogP contribution in [0.15, 0.2) is 65.1 Å². The molecule has 0 aliphatic carbocycles. The molecule has 2 N–H and O–H groups in total. The number of alkyl halides is 4. The van der Waals surface area contributed by atoms with E-state index in [4.69, 9.17) is 4.74 Å². The number of piperazine rings is 1. The molecule has 6 rings (SSSR count). The van der Waals surface area contributed by atoms with Crippen molar-refractivity contribution in [2.45, 2.75) is 44.4 Å². The third-order valence-corrected chi connectivity index (χ3v) is 11.2. The molecular formula is C35H37BrF4N4O5S2. The average Bonchev–Trinajstić information content (AvgIpc) is 3.43. The molecule has 274 valence electrons. The van der Waals surface area contributed by atoms with Gasteiger partial charge in [-0.05, 0) is 76.7 Å². The van der Waals surface area contributed by atoms with E-state index < -0.39 is 28.0 Å². The molecule has 51 heavy (non-hydrogen) atoms. The first kappa shape index (κ1) is 37.5. The van der Waals surface area contributed by atoms with Crippen LogP contribution in [0, 0.1) is 0 Å². The van der Waals surface area contributed by atoms with Gasteiger partial charge in [0, 0.05) is 58.7 Å². The number of rotatable bonds is 12. The van der Waals surface area contributed by atoms with Crippen molar-refractivity contribution in [3.8, 4) is 5.75 Å². The number of sulfonamides is 1. The van der Waals surface area contributed by atoms with Crippen molar-refractivity contribution in [2.24, 2.45) is 0 Å². The van der Waals surface area contributed by atoms with Gasteiger partial charge in [-0.3, -0.25) is 19.3 Å². The second-order valence-corrected chi connectivity index (χ2v) is 17.1. The van der Waals surface area contributed by atoms with Crippen LogP contribution >= 0.6 is 27.3 Å². The lowest BCUT2D eigenvalue weighted by Gasteiger charge is -2.42. The van der Waals surface area contributed by atoms with Crippen molar-refractivity contribution in [1.82, 2.24) is 9.80 Å². The van der Waals surface area contributed by atoms with Crippen molar-refractivity contribution in [3.63, 3.8) is 0 Å². The Hall–Kier alpha value is -3.28. The molecule has 0 spiro atoms. The number of anilines is 2. The lowest BCUT2D eigenvalue weighted by atomic mass is 9.77. The van der Waals surface area contributed by atoms with Crippen LogP contribution < -0.4 is 14.8 Å². The molecule has 0 radical (unpaired) electrons. The zero-order valence-corrected chi connectivity index (χ0v) is 31.2. The minimum atomic E-state index is -4.68. The summed E-state index contributed by atoms with van der Waals surface area (Å²) in [7, 11) is -3.47. The van der Waals surface area contributed by atoms with Crippen molar-refractivity contribution >= 4 is 64.7 Å². The Bertz CT molecular complexity index is 2030. The van der Waals surface area contributed by atoms with Crippen LogP contribution in [0.25, 0.3) is 10.1 Å². The fourth-order valence-electron chi connectivity index (χ4n) is 6.17. The molecule has 2 saturated heterocycles. The number of carbonyl (C=O) groups excluding carboxylic acids is 1. The van der Waals surface area contributed by atoms with Crippen molar-refractivity contribution in [1.29, 1.82) is 0 Å². The molecule has 0 unspecified atom stereocenters. The summed E-state index contributed by atoms with van der Waals surface area (Å²) in [5, 5.41) is 3.62. The van der Waals surface area contributed by atoms with Gasteiger partial charge in [0.1, 0.15) is 5.75 Å². The molecule has 9 nitrogen and oxygen atoms in total. The quantitative estimate of drug-likeness (QED) is 0.144. The van der Waals surface area contributed by atoms with E-state index >= 15 is 0 Å². The van der Waals surface area contributed by atoms with E-state index in [-0.39, 0.29) is 11.7 Å². The number of amides is 1. The van der Waals surface area contributed by atoms with Crippen molar-refractivity contribution < 1.29 is 40.2 Å². The molecule has 1 amide bonds. The predicted molar refractivity (Wildman–Crippen MR) is 194 cm³/mol. The Labute approximate surface area is 306 Å². The SMILES string of the molecule is CC(C)(c1cc(Br)cc(NC(=O)c2cc3cc(NS(C)(=O)=O)ccc3s2)c1)c1cc(CN2CCN(C3COC3)CC2)cc(OC(F)(F)C(F)F)c1. The summed E-state index contributed by atoms with van der Waals surface area (Å²) in [5.41, 5.74) is 1.89. The highest BCUT2D eigenvalue weighted by Gasteiger charge is 2.44. The number of hydrogen-bond donors (Lipinski definition) is 2. The monoisotopic (exact) mass is 812 g/mol. The Kier molecular flexibility index (Phi) is 10.7. The second-order valence-electron chi connectivity index (χ2n) is 13.4. The maximum Gasteiger partial charge on any atom is 0.461 e. The largest absolute Gasteiger partial charge is 0.461 e. The maximum atomic E-state index is 14.2. The maximum absolute atomic E-state index is 14.2. The van der Waals surface area contributed by atoms with Gasteiger partial charge in [-0.1, -0.05) is 35.8 Å². The highest BCUT2D eigenvalue weighted by molar-refractivity contribution is 9.10. The Balaban J connectivity index is 1.25. The van der Waals surface area contributed by atoms with Crippen LogP contribution in [-0.4, -0.2) is 88.3 Å². The summed E-state index contributed by atoms with van der Waals surface area (Å²) in [6, 6.07) is 17.1. The number of nitrogens with zero attached hydrogens (tertiary/aromatic N) is 2. The van der Waals surface area contributed by atoms with E-state index in [0.717, 1.165) is 50.3 Å². The van der Waals surface area contributed by atoms with Crippen LogP contribution in [0.2, 0.25) is 0 Å². The minimum absolute atomic E-state index is 0.366. The second kappa shape index (κ2) is 14.6. The average molecular weight is 814 g/mol. The molecule has 2 fully saturated rings. The number of ether oxygens (including phenoxy) is 2. The fraction of sp³-hybridized carbons (Fsp3) is 0.400. The van der Waals surface area contributed by atoms with E-state index in [9.17, 15) is 30.8 Å². The molecule has 4 aromatic rings. The first-order valence-electron chi connectivity index (χ1n) is 16.1. The van der Waals surface area contributed by atoms with Crippen LogP contribution in [0.1, 0.15) is 40.2 Å². The van der Waals surface area contributed by atoms with Gasteiger partial charge in [0.2, 0.25) is 10.0 Å². The summed E-state index contributed by atoms with van der Waals surface area (Å²) in [6.07, 6.45) is -7.63. The van der Waals surface area contributed by atoms with E-state index in [1.807, 2.05) is 26.0 Å². The Morgan fingerprint density at radius 3 is 2.35 bits per heavy atom. The van der Waals surface area contributed by atoms with Gasteiger partial charge in [0.15, 0.2) is 0 Å². The summed E-state index contributed by atoms with van der Waals surface area (Å²) in [6.45, 7) is 8.77. The number of carbonyl (C=O) groups is 1. The highest BCUT2D eigenvalue weighted by atomic mass is 79.9. The van der Waals surface area contributed by atoms with Crippen molar-refractivity contribution in [3.05, 3.63) is 86.7 Å². The number of fused-ring (bicyclic) bond motifs is 1. The molecule has 0 atom stereocenters. The lowest BCUT2D eigenvalue weighted by Crippen LogP contribution is -2.56. The molecule has 2 aliphatic heterocycles. The van der Waals surface area contributed by atoms with E-state index in [1.54, 1.807) is 36.4 Å². The first-order valence-corrected chi connectivity index (χ1v) is 19.6. The topological polar surface area (TPSA) is 100 Å². The number of nitrogens with one attached hydrogen (secondary N) is 2. The van der Waals surface area contributed by atoms with Crippen LogP contribution in [0.5, 0.6) is 5.75 Å². The number of benzene rings is 3. The molecule has 3 aromatic carbocycles. The predicted octanol–water partition coefficient (Wildman–Crippen LogP) is 7.37. The minimum Gasteiger partial charge on any atom is -0.428 e.